The molecular formula is C16H14N4. The molecule has 0 radical (unpaired) electrons. The molecule has 0 saturated heterocycles. The van der Waals surface area contributed by atoms with Crippen LogP contribution in [-0.4, -0.2) is 15.0 Å². The molecule has 0 amide bonds. The van der Waals surface area contributed by atoms with Crippen LogP contribution >= 0.6 is 0 Å². The summed E-state index contributed by atoms with van der Waals surface area (Å²) < 4.78 is 0. The van der Waals surface area contributed by atoms with E-state index in [1.165, 1.54) is 5.56 Å². The molecule has 0 atom stereocenters. The summed E-state index contributed by atoms with van der Waals surface area (Å²) >= 11 is 0. The van der Waals surface area contributed by atoms with Crippen molar-refractivity contribution in [3.8, 4) is 11.4 Å². The first kappa shape index (κ1) is 12.3. The van der Waals surface area contributed by atoms with Gasteiger partial charge in [-0.1, -0.05) is 23.8 Å². The van der Waals surface area contributed by atoms with Crippen molar-refractivity contribution in [2.45, 2.75) is 6.92 Å². The van der Waals surface area contributed by atoms with Crippen LogP contribution in [0.5, 0.6) is 0 Å². The minimum absolute atomic E-state index is 0.567. The summed E-state index contributed by atoms with van der Waals surface area (Å²) in [7, 11) is 0. The molecule has 0 aliphatic rings. The average molecular weight is 262 g/mol. The third-order valence-corrected chi connectivity index (χ3v) is 2.89. The maximum absolute atomic E-state index is 4.48. The Morgan fingerprint density at radius 2 is 1.65 bits per heavy atom. The van der Waals surface area contributed by atoms with Gasteiger partial charge in [0.2, 0.25) is 5.95 Å². The molecule has 0 spiro atoms. The van der Waals surface area contributed by atoms with Crippen LogP contribution in [-0.2, 0) is 0 Å². The molecule has 20 heavy (non-hydrogen) atoms. The van der Waals surface area contributed by atoms with Crippen molar-refractivity contribution < 1.29 is 0 Å². The van der Waals surface area contributed by atoms with Crippen molar-refractivity contribution >= 4 is 11.6 Å². The van der Waals surface area contributed by atoms with E-state index in [1.807, 2.05) is 48.5 Å². The van der Waals surface area contributed by atoms with E-state index in [2.05, 4.69) is 27.2 Å². The highest BCUT2D eigenvalue weighted by molar-refractivity contribution is 5.58. The SMILES string of the molecule is Cc1ccc(Nc2nccc(-c3ccccn3)n2)cc1. The van der Waals surface area contributed by atoms with Gasteiger partial charge < -0.3 is 5.32 Å². The van der Waals surface area contributed by atoms with Gasteiger partial charge in [-0.05, 0) is 37.3 Å². The van der Waals surface area contributed by atoms with Gasteiger partial charge in [-0.3, -0.25) is 4.98 Å². The molecule has 0 aliphatic carbocycles. The zero-order valence-corrected chi connectivity index (χ0v) is 11.1. The first-order chi connectivity index (χ1) is 9.81. The zero-order chi connectivity index (χ0) is 13.8. The molecular weight excluding hydrogens is 248 g/mol. The quantitative estimate of drug-likeness (QED) is 0.783. The van der Waals surface area contributed by atoms with Crippen LogP contribution in [0.4, 0.5) is 11.6 Å². The second-order valence-electron chi connectivity index (χ2n) is 4.47. The Hall–Kier alpha value is -2.75. The van der Waals surface area contributed by atoms with Crippen LogP contribution in [0.3, 0.4) is 0 Å². The van der Waals surface area contributed by atoms with Gasteiger partial charge in [0, 0.05) is 18.1 Å². The first-order valence-electron chi connectivity index (χ1n) is 6.39. The van der Waals surface area contributed by atoms with Crippen LogP contribution in [0.2, 0.25) is 0 Å². The Morgan fingerprint density at radius 1 is 0.800 bits per heavy atom. The minimum atomic E-state index is 0.567. The number of rotatable bonds is 3. The van der Waals surface area contributed by atoms with Gasteiger partial charge in [0.1, 0.15) is 0 Å². The summed E-state index contributed by atoms with van der Waals surface area (Å²) in [6.07, 6.45) is 3.48. The van der Waals surface area contributed by atoms with E-state index in [-0.39, 0.29) is 0 Å². The lowest BCUT2D eigenvalue weighted by Crippen LogP contribution is -1.98. The molecule has 0 saturated carbocycles. The van der Waals surface area contributed by atoms with Crippen molar-refractivity contribution in [3.63, 3.8) is 0 Å². The summed E-state index contributed by atoms with van der Waals surface area (Å²) in [5, 5.41) is 3.19. The van der Waals surface area contributed by atoms with Crippen molar-refractivity contribution in [1.82, 2.24) is 15.0 Å². The maximum Gasteiger partial charge on any atom is 0.227 e. The van der Waals surface area contributed by atoms with Gasteiger partial charge in [0.05, 0.1) is 11.4 Å². The Bertz CT molecular complexity index is 693. The first-order valence-corrected chi connectivity index (χ1v) is 6.39. The predicted octanol–water partition coefficient (Wildman–Crippen LogP) is 3.59. The number of nitrogens with zero attached hydrogens (tertiary/aromatic N) is 3. The van der Waals surface area contributed by atoms with E-state index in [0.717, 1.165) is 17.1 Å². The minimum Gasteiger partial charge on any atom is -0.324 e. The second-order valence-corrected chi connectivity index (χ2v) is 4.47. The molecule has 3 aromatic rings. The third-order valence-electron chi connectivity index (χ3n) is 2.89. The Labute approximate surface area is 117 Å². The van der Waals surface area contributed by atoms with Crippen LogP contribution in [0.1, 0.15) is 5.56 Å². The fourth-order valence-electron chi connectivity index (χ4n) is 1.84. The van der Waals surface area contributed by atoms with Crippen LogP contribution in [0.25, 0.3) is 11.4 Å². The van der Waals surface area contributed by atoms with E-state index < -0.39 is 0 Å². The van der Waals surface area contributed by atoms with E-state index in [4.69, 9.17) is 0 Å². The highest BCUT2D eigenvalue weighted by atomic mass is 15.1. The summed E-state index contributed by atoms with van der Waals surface area (Å²) in [6.45, 7) is 2.06. The molecule has 2 aromatic heterocycles. The molecule has 1 N–H and O–H groups in total. The van der Waals surface area contributed by atoms with Gasteiger partial charge >= 0.3 is 0 Å². The number of hydrogen-bond donors (Lipinski definition) is 1. The largest absolute Gasteiger partial charge is 0.324 e. The normalized spacial score (nSPS) is 10.2. The van der Waals surface area contributed by atoms with Crippen LogP contribution in [0.15, 0.2) is 60.9 Å². The van der Waals surface area contributed by atoms with Crippen molar-refractivity contribution in [2.75, 3.05) is 5.32 Å². The van der Waals surface area contributed by atoms with Gasteiger partial charge in [0.15, 0.2) is 0 Å². The van der Waals surface area contributed by atoms with Gasteiger partial charge in [-0.2, -0.15) is 0 Å². The summed E-state index contributed by atoms with van der Waals surface area (Å²) in [6, 6.07) is 15.7. The number of pyridine rings is 1. The fourth-order valence-corrected chi connectivity index (χ4v) is 1.84. The molecule has 2 heterocycles. The molecule has 1 aromatic carbocycles. The number of hydrogen-bond acceptors (Lipinski definition) is 4. The molecule has 0 fully saturated rings. The van der Waals surface area contributed by atoms with E-state index in [0.29, 0.717) is 5.95 Å². The summed E-state index contributed by atoms with van der Waals surface area (Å²) in [5.41, 5.74) is 3.82. The molecule has 0 aliphatic heterocycles. The summed E-state index contributed by atoms with van der Waals surface area (Å²) in [5.74, 6) is 0.567. The molecule has 98 valence electrons. The Morgan fingerprint density at radius 3 is 2.40 bits per heavy atom. The smallest absolute Gasteiger partial charge is 0.227 e. The predicted molar refractivity (Wildman–Crippen MR) is 79.7 cm³/mol. The molecule has 0 bridgehead atoms. The van der Waals surface area contributed by atoms with Crippen molar-refractivity contribution in [3.05, 3.63) is 66.5 Å². The molecule has 0 unspecified atom stereocenters. The number of aromatic nitrogens is 3. The molecule has 3 rings (SSSR count). The third kappa shape index (κ3) is 2.80. The van der Waals surface area contributed by atoms with Crippen LogP contribution < -0.4 is 5.32 Å². The van der Waals surface area contributed by atoms with Gasteiger partial charge in [0.25, 0.3) is 0 Å². The Kier molecular flexibility index (Phi) is 3.37. The standard InChI is InChI=1S/C16H14N4/c1-12-5-7-13(8-6-12)19-16-18-11-9-15(20-16)14-4-2-3-10-17-14/h2-11H,1H3,(H,18,19,20). The number of anilines is 2. The fraction of sp³-hybridized carbons (Fsp3) is 0.0625. The van der Waals surface area contributed by atoms with Crippen LogP contribution in [0, 0.1) is 6.92 Å². The highest BCUT2D eigenvalue weighted by Crippen LogP contribution is 2.17. The lowest BCUT2D eigenvalue weighted by atomic mass is 10.2. The highest BCUT2D eigenvalue weighted by Gasteiger charge is 2.03. The van der Waals surface area contributed by atoms with Gasteiger partial charge in [-0.25, -0.2) is 9.97 Å². The van der Waals surface area contributed by atoms with Crippen molar-refractivity contribution in [2.24, 2.45) is 0 Å². The maximum atomic E-state index is 4.48. The monoisotopic (exact) mass is 262 g/mol. The second kappa shape index (κ2) is 5.48. The molecule has 4 heteroatoms. The number of aryl methyl sites for hydroxylation is 1. The Balaban J connectivity index is 1.86. The lowest BCUT2D eigenvalue weighted by Gasteiger charge is -2.06. The summed E-state index contributed by atoms with van der Waals surface area (Å²) in [4.78, 5) is 13.0. The van der Waals surface area contributed by atoms with E-state index in [1.54, 1.807) is 12.4 Å². The average Bonchev–Trinajstić information content (AvgIpc) is 2.51. The van der Waals surface area contributed by atoms with Crippen molar-refractivity contribution in [1.29, 1.82) is 0 Å². The van der Waals surface area contributed by atoms with Gasteiger partial charge in [-0.15, -0.1) is 0 Å². The van der Waals surface area contributed by atoms with E-state index >= 15 is 0 Å². The molecule has 4 nitrogen and oxygen atoms in total. The topological polar surface area (TPSA) is 50.7 Å². The lowest BCUT2D eigenvalue weighted by molar-refractivity contribution is 1.15. The van der Waals surface area contributed by atoms with E-state index in [9.17, 15) is 0 Å². The zero-order valence-electron chi connectivity index (χ0n) is 11.1. The number of nitrogens with one attached hydrogen (secondary N) is 1. The number of benzene rings is 1.